The van der Waals surface area contributed by atoms with Crippen molar-refractivity contribution < 1.29 is 14.2 Å². The van der Waals surface area contributed by atoms with Crippen LogP contribution in [-0.2, 0) is 13.0 Å². The standard InChI is InChI=1S/C16H18FNO2/c1-11(18)8-13-4-7-16(15(17)9-13)20-10-12-2-5-14(19)6-3-12/h2-7,9,11,19H,8,10,18H2,1H3. The van der Waals surface area contributed by atoms with E-state index in [2.05, 4.69) is 0 Å². The first-order chi connectivity index (χ1) is 9.54. The molecule has 0 fully saturated rings. The summed E-state index contributed by atoms with van der Waals surface area (Å²) in [4.78, 5) is 0. The molecule has 0 aliphatic carbocycles. The molecule has 2 aromatic carbocycles. The monoisotopic (exact) mass is 275 g/mol. The number of ether oxygens (including phenoxy) is 1. The SMILES string of the molecule is CC(N)Cc1ccc(OCc2ccc(O)cc2)c(F)c1. The van der Waals surface area contributed by atoms with Crippen molar-refractivity contribution in [2.75, 3.05) is 0 Å². The van der Waals surface area contributed by atoms with Crippen LogP contribution in [0.2, 0.25) is 0 Å². The second-order valence-electron chi connectivity index (χ2n) is 4.90. The summed E-state index contributed by atoms with van der Waals surface area (Å²) in [6.07, 6.45) is 0.634. The van der Waals surface area contributed by atoms with Gasteiger partial charge in [0, 0.05) is 6.04 Å². The van der Waals surface area contributed by atoms with Crippen molar-refractivity contribution in [2.45, 2.75) is 26.0 Å². The van der Waals surface area contributed by atoms with Gasteiger partial charge in [-0.15, -0.1) is 0 Å². The first-order valence-electron chi connectivity index (χ1n) is 6.49. The molecule has 0 saturated carbocycles. The molecule has 3 N–H and O–H groups in total. The van der Waals surface area contributed by atoms with Crippen LogP contribution in [0, 0.1) is 5.82 Å². The Morgan fingerprint density at radius 2 is 1.80 bits per heavy atom. The first-order valence-corrected chi connectivity index (χ1v) is 6.49. The minimum atomic E-state index is -0.387. The molecule has 0 aromatic heterocycles. The van der Waals surface area contributed by atoms with Crippen molar-refractivity contribution in [3.05, 3.63) is 59.4 Å². The van der Waals surface area contributed by atoms with Crippen LogP contribution in [-0.4, -0.2) is 11.1 Å². The first kappa shape index (κ1) is 14.3. The van der Waals surface area contributed by atoms with Crippen molar-refractivity contribution >= 4 is 0 Å². The second-order valence-corrected chi connectivity index (χ2v) is 4.90. The Balaban J connectivity index is 2.01. The van der Waals surface area contributed by atoms with Crippen molar-refractivity contribution in [3.8, 4) is 11.5 Å². The Morgan fingerprint density at radius 1 is 1.15 bits per heavy atom. The number of benzene rings is 2. The fourth-order valence-corrected chi connectivity index (χ4v) is 1.91. The minimum absolute atomic E-state index is 0.00170. The Hall–Kier alpha value is -2.07. The van der Waals surface area contributed by atoms with E-state index < -0.39 is 0 Å². The van der Waals surface area contributed by atoms with Gasteiger partial charge in [0.25, 0.3) is 0 Å². The molecule has 0 saturated heterocycles. The van der Waals surface area contributed by atoms with E-state index in [1.807, 2.05) is 13.0 Å². The maximum absolute atomic E-state index is 13.9. The van der Waals surface area contributed by atoms with Crippen LogP contribution in [0.1, 0.15) is 18.1 Å². The molecule has 0 bridgehead atoms. The van der Waals surface area contributed by atoms with Crippen LogP contribution < -0.4 is 10.5 Å². The number of nitrogens with two attached hydrogens (primary N) is 1. The predicted molar refractivity (Wildman–Crippen MR) is 76.2 cm³/mol. The third kappa shape index (κ3) is 3.96. The third-order valence-electron chi connectivity index (χ3n) is 2.88. The third-order valence-corrected chi connectivity index (χ3v) is 2.88. The molecule has 0 amide bonds. The molecular formula is C16H18FNO2. The molecule has 1 unspecified atom stereocenters. The van der Waals surface area contributed by atoms with Gasteiger partial charge in [0.1, 0.15) is 12.4 Å². The van der Waals surface area contributed by atoms with Crippen molar-refractivity contribution in [1.29, 1.82) is 0 Å². The summed E-state index contributed by atoms with van der Waals surface area (Å²) in [7, 11) is 0. The molecule has 4 heteroatoms. The van der Waals surface area contributed by atoms with Crippen molar-refractivity contribution in [1.82, 2.24) is 0 Å². The van der Waals surface area contributed by atoms with Crippen LogP contribution >= 0.6 is 0 Å². The van der Waals surface area contributed by atoms with Crippen LogP contribution in [0.15, 0.2) is 42.5 Å². The zero-order chi connectivity index (χ0) is 14.5. The summed E-state index contributed by atoms with van der Waals surface area (Å²) in [6, 6.07) is 11.5. The lowest BCUT2D eigenvalue weighted by Gasteiger charge is -2.10. The molecule has 0 spiro atoms. The number of hydrogen-bond donors (Lipinski definition) is 2. The van der Waals surface area contributed by atoms with Gasteiger partial charge in [0.2, 0.25) is 0 Å². The molecule has 0 aliphatic rings. The van der Waals surface area contributed by atoms with E-state index in [4.69, 9.17) is 10.5 Å². The molecule has 20 heavy (non-hydrogen) atoms. The number of halogens is 1. The van der Waals surface area contributed by atoms with Gasteiger partial charge in [0.15, 0.2) is 11.6 Å². The lowest BCUT2D eigenvalue weighted by Crippen LogP contribution is -2.17. The van der Waals surface area contributed by atoms with Gasteiger partial charge < -0.3 is 15.6 Å². The Morgan fingerprint density at radius 3 is 2.40 bits per heavy atom. The molecule has 106 valence electrons. The van der Waals surface area contributed by atoms with Gasteiger partial charge in [-0.1, -0.05) is 18.2 Å². The maximum atomic E-state index is 13.9. The van der Waals surface area contributed by atoms with Crippen LogP contribution in [0.25, 0.3) is 0 Å². The average Bonchev–Trinajstić information content (AvgIpc) is 2.39. The molecule has 0 radical (unpaired) electrons. The fourth-order valence-electron chi connectivity index (χ4n) is 1.91. The summed E-state index contributed by atoms with van der Waals surface area (Å²) in [5, 5.41) is 9.18. The Kier molecular flexibility index (Phi) is 4.58. The summed E-state index contributed by atoms with van der Waals surface area (Å²) in [5.41, 5.74) is 7.40. The second kappa shape index (κ2) is 6.39. The number of hydrogen-bond acceptors (Lipinski definition) is 3. The normalized spacial score (nSPS) is 12.2. The smallest absolute Gasteiger partial charge is 0.165 e. The number of rotatable bonds is 5. The highest BCUT2D eigenvalue weighted by Gasteiger charge is 2.06. The topological polar surface area (TPSA) is 55.5 Å². The zero-order valence-electron chi connectivity index (χ0n) is 11.3. The van der Waals surface area contributed by atoms with Gasteiger partial charge in [-0.05, 0) is 48.7 Å². The molecular weight excluding hydrogens is 257 g/mol. The lowest BCUT2D eigenvalue weighted by atomic mass is 10.1. The quantitative estimate of drug-likeness (QED) is 0.882. The lowest BCUT2D eigenvalue weighted by molar-refractivity contribution is 0.290. The summed E-state index contributed by atoms with van der Waals surface area (Å²) in [5.74, 6) is 0.0219. The van der Waals surface area contributed by atoms with Gasteiger partial charge in [-0.25, -0.2) is 4.39 Å². The highest BCUT2D eigenvalue weighted by molar-refractivity contribution is 5.31. The van der Waals surface area contributed by atoms with E-state index in [-0.39, 0.29) is 30.0 Å². The Bertz CT molecular complexity index is 567. The highest BCUT2D eigenvalue weighted by atomic mass is 19.1. The molecule has 0 heterocycles. The number of aromatic hydroxyl groups is 1. The van der Waals surface area contributed by atoms with Gasteiger partial charge >= 0.3 is 0 Å². The molecule has 2 rings (SSSR count). The average molecular weight is 275 g/mol. The molecule has 3 nitrogen and oxygen atoms in total. The van der Waals surface area contributed by atoms with Crippen LogP contribution in [0.4, 0.5) is 4.39 Å². The van der Waals surface area contributed by atoms with E-state index in [1.165, 1.54) is 6.07 Å². The van der Waals surface area contributed by atoms with E-state index >= 15 is 0 Å². The van der Waals surface area contributed by atoms with Crippen LogP contribution in [0.3, 0.4) is 0 Å². The van der Waals surface area contributed by atoms with Crippen LogP contribution in [0.5, 0.6) is 11.5 Å². The summed E-state index contributed by atoms with van der Waals surface area (Å²) >= 11 is 0. The largest absolute Gasteiger partial charge is 0.508 e. The molecule has 1 atom stereocenters. The highest BCUT2D eigenvalue weighted by Crippen LogP contribution is 2.20. The maximum Gasteiger partial charge on any atom is 0.165 e. The zero-order valence-corrected chi connectivity index (χ0v) is 11.3. The number of phenolic OH excluding ortho intramolecular Hbond substituents is 1. The van der Waals surface area contributed by atoms with E-state index in [0.717, 1.165) is 11.1 Å². The van der Waals surface area contributed by atoms with E-state index in [9.17, 15) is 9.50 Å². The predicted octanol–water partition coefficient (Wildman–Crippen LogP) is 3.00. The van der Waals surface area contributed by atoms with E-state index in [1.54, 1.807) is 30.3 Å². The molecule has 2 aromatic rings. The summed E-state index contributed by atoms with van der Waals surface area (Å²) < 4.78 is 19.3. The van der Waals surface area contributed by atoms with Gasteiger partial charge in [0.05, 0.1) is 0 Å². The minimum Gasteiger partial charge on any atom is -0.508 e. The van der Waals surface area contributed by atoms with Crippen molar-refractivity contribution in [3.63, 3.8) is 0 Å². The Labute approximate surface area is 117 Å². The van der Waals surface area contributed by atoms with E-state index in [0.29, 0.717) is 6.42 Å². The number of phenols is 1. The van der Waals surface area contributed by atoms with Gasteiger partial charge in [-0.3, -0.25) is 0 Å². The molecule has 0 aliphatic heterocycles. The summed E-state index contributed by atoms with van der Waals surface area (Å²) in [6.45, 7) is 2.14. The van der Waals surface area contributed by atoms with Crippen molar-refractivity contribution in [2.24, 2.45) is 5.73 Å². The van der Waals surface area contributed by atoms with Gasteiger partial charge in [-0.2, -0.15) is 0 Å². The fraction of sp³-hybridized carbons (Fsp3) is 0.250.